The highest BCUT2D eigenvalue weighted by Gasteiger charge is 2.11. The lowest BCUT2D eigenvalue weighted by atomic mass is 9.92. The third kappa shape index (κ3) is 3.36. The average Bonchev–Trinajstić information content (AvgIpc) is 2.78. The number of carbonyl (C=O) groups excluding carboxylic acids is 1. The monoisotopic (exact) mass is 396 g/mol. The van der Waals surface area contributed by atoms with Gasteiger partial charge in [-0.15, -0.1) is 0 Å². The van der Waals surface area contributed by atoms with Gasteiger partial charge >= 0.3 is 5.97 Å². The molecule has 5 rings (SSSR count). The van der Waals surface area contributed by atoms with Crippen LogP contribution in [0.1, 0.15) is 15.9 Å². The van der Waals surface area contributed by atoms with Crippen molar-refractivity contribution in [3.63, 3.8) is 0 Å². The summed E-state index contributed by atoms with van der Waals surface area (Å²) in [4.78, 5) is 12.1. The highest BCUT2D eigenvalue weighted by atomic mass is 16.6. The second-order valence-electron chi connectivity index (χ2n) is 7.52. The predicted molar refractivity (Wildman–Crippen MR) is 118 cm³/mol. The lowest BCUT2D eigenvalue weighted by Gasteiger charge is -2.14. The summed E-state index contributed by atoms with van der Waals surface area (Å²) < 4.78 is 13.0. The van der Waals surface area contributed by atoms with Crippen LogP contribution in [0.3, 0.4) is 0 Å². The number of benzene rings is 4. The van der Waals surface area contributed by atoms with E-state index in [4.69, 9.17) is 9.47 Å². The molecule has 30 heavy (non-hydrogen) atoms. The summed E-state index contributed by atoms with van der Waals surface area (Å²) in [5.41, 5.74) is 1.68. The quantitative estimate of drug-likeness (QED) is 0.179. The molecule has 0 spiro atoms. The number of carbonyl (C=O) groups is 1. The van der Waals surface area contributed by atoms with Gasteiger partial charge in [0.05, 0.1) is 18.8 Å². The van der Waals surface area contributed by atoms with Gasteiger partial charge in [0.25, 0.3) is 0 Å². The number of esters is 1. The Bertz CT molecular complexity index is 1330. The molecule has 0 unspecified atom stereocenters. The first kappa shape index (κ1) is 18.5. The van der Waals surface area contributed by atoms with E-state index in [2.05, 4.69) is 54.6 Å². The van der Waals surface area contributed by atoms with Crippen LogP contribution < -0.4 is 4.57 Å². The van der Waals surface area contributed by atoms with E-state index in [9.17, 15) is 4.79 Å². The van der Waals surface area contributed by atoms with E-state index in [-0.39, 0.29) is 12.6 Å². The molecule has 5 aromatic rings. The van der Waals surface area contributed by atoms with E-state index < -0.39 is 0 Å². The minimum absolute atomic E-state index is 0.228. The first-order chi connectivity index (χ1) is 14.7. The van der Waals surface area contributed by atoms with Crippen LogP contribution in [0.5, 0.6) is 0 Å². The lowest BCUT2D eigenvalue weighted by molar-refractivity contribution is -0.671. The normalized spacial score (nSPS) is 11.5. The second kappa shape index (κ2) is 7.73. The van der Waals surface area contributed by atoms with Crippen LogP contribution in [-0.2, 0) is 23.1 Å². The summed E-state index contributed by atoms with van der Waals surface area (Å²) in [6.45, 7) is 1.06. The largest absolute Gasteiger partial charge is 0.460 e. The molecular formula is C26H22NO3+. The molecule has 0 aliphatic rings. The van der Waals surface area contributed by atoms with Crippen molar-refractivity contribution >= 4 is 38.3 Å². The van der Waals surface area contributed by atoms with E-state index in [0.29, 0.717) is 18.8 Å². The van der Waals surface area contributed by atoms with E-state index >= 15 is 0 Å². The fourth-order valence-corrected chi connectivity index (χ4v) is 4.02. The minimum Gasteiger partial charge on any atom is -0.460 e. The summed E-state index contributed by atoms with van der Waals surface area (Å²) in [5.74, 6) is -0.332. The van der Waals surface area contributed by atoms with Gasteiger partial charge in [0.2, 0.25) is 0 Å². The summed E-state index contributed by atoms with van der Waals surface area (Å²) in [5, 5.41) is 7.55. The van der Waals surface area contributed by atoms with Crippen molar-refractivity contribution in [2.24, 2.45) is 7.05 Å². The maximum atomic E-state index is 12.1. The van der Waals surface area contributed by atoms with Gasteiger partial charge in [0.1, 0.15) is 13.7 Å². The zero-order chi connectivity index (χ0) is 20.5. The molecular weight excluding hydrogens is 374 g/mol. The van der Waals surface area contributed by atoms with Crippen LogP contribution in [0.2, 0.25) is 0 Å². The SMILES string of the molecule is C[n+]1ccc(C(=O)OCCOCc2ccc3ccc4cccc5ccc2c3c45)cc1. The zero-order valence-electron chi connectivity index (χ0n) is 16.8. The minimum atomic E-state index is -0.332. The number of hydrogen-bond donors (Lipinski definition) is 0. The molecule has 0 bridgehead atoms. The van der Waals surface area contributed by atoms with Crippen LogP contribution in [0, 0.1) is 0 Å². The van der Waals surface area contributed by atoms with Gasteiger partial charge in [-0.3, -0.25) is 0 Å². The third-order valence-electron chi connectivity index (χ3n) is 5.55. The van der Waals surface area contributed by atoms with Crippen molar-refractivity contribution < 1.29 is 18.8 Å². The van der Waals surface area contributed by atoms with Gasteiger partial charge in [-0.05, 0) is 37.9 Å². The number of nitrogens with zero attached hydrogens (tertiary/aromatic N) is 1. The molecule has 4 heteroatoms. The Morgan fingerprint density at radius 2 is 1.47 bits per heavy atom. The third-order valence-corrected chi connectivity index (χ3v) is 5.55. The lowest BCUT2D eigenvalue weighted by Crippen LogP contribution is -2.26. The number of pyridine rings is 1. The Labute approximate surface area is 174 Å². The van der Waals surface area contributed by atoms with Crippen molar-refractivity contribution in [3.05, 3.63) is 90.3 Å². The van der Waals surface area contributed by atoms with E-state index in [1.54, 1.807) is 12.1 Å². The smallest absolute Gasteiger partial charge is 0.338 e. The summed E-state index contributed by atoms with van der Waals surface area (Å²) in [6, 6.07) is 22.9. The van der Waals surface area contributed by atoms with Crippen LogP contribution in [0.15, 0.2) is 79.1 Å². The Morgan fingerprint density at radius 1 is 0.800 bits per heavy atom. The first-order valence-corrected chi connectivity index (χ1v) is 10.1. The maximum Gasteiger partial charge on any atom is 0.338 e. The summed E-state index contributed by atoms with van der Waals surface area (Å²) in [7, 11) is 1.90. The van der Waals surface area contributed by atoms with Crippen molar-refractivity contribution in [1.82, 2.24) is 0 Å². The van der Waals surface area contributed by atoms with Crippen molar-refractivity contribution in [1.29, 1.82) is 0 Å². The van der Waals surface area contributed by atoms with Crippen LogP contribution in [0.25, 0.3) is 32.3 Å². The highest BCUT2D eigenvalue weighted by Crippen LogP contribution is 2.35. The molecule has 148 valence electrons. The number of hydrogen-bond acceptors (Lipinski definition) is 3. The van der Waals surface area contributed by atoms with Crippen molar-refractivity contribution in [2.75, 3.05) is 13.2 Å². The Balaban J connectivity index is 1.28. The molecule has 0 atom stereocenters. The number of aryl methyl sites for hydroxylation is 1. The molecule has 4 nitrogen and oxygen atoms in total. The molecule has 0 radical (unpaired) electrons. The van der Waals surface area contributed by atoms with Gasteiger partial charge in [0.15, 0.2) is 12.4 Å². The summed E-state index contributed by atoms with van der Waals surface area (Å²) in [6.07, 6.45) is 3.64. The molecule has 0 aliphatic heterocycles. The Kier molecular flexibility index (Phi) is 4.77. The van der Waals surface area contributed by atoms with Crippen LogP contribution in [0.4, 0.5) is 0 Å². The van der Waals surface area contributed by atoms with Crippen molar-refractivity contribution in [3.8, 4) is 0 Å². The van der Waals surface area contributed by atoms with E-state index in [1.807, 2.05) is 24.0 Å². The molecule has 0 fully saturated rings. The predicted octanol–water partition coefficient (Wildman–Crippen LogP) is 4.78. The molecule has 0 amide bonds. The van der Waals surface area contributed by atoms with E-state index in [0.717, 1.165) is 5.56 Å². The topological polar surface area (TPSA) is 39.4 Å². The molecule has 0 saturated carbocycles. The van der Waals surface area contributed by atoms with Gasteiger partial charge in [-0.2, -0.15) is 0 Å². The fourth-order valence-electron chi connectivity index (χ4n) is 4.02. The average molecular weight is 396 g/mol. The second-order valence-corrected chi connectivity index (χ2v) is 7.52. The number of ether oxygens (including phenoxy) is 2. The molecule has 1 heterocycles. The fraction of sp³-hybridized carbons (Fsp3) is 0.154. The van der Waals surface area contributed by atoms with Crippen LogP contribution >= 0.6 is 0 Å². The molecule has 0 N–H and O–H groups in total. The standard InChI is InChI=1S/C26H22NO3/c1-27-13-11-21(12-14-27)26(28)30-16-15-29-17-22-8-7-20-6-5-18-3-2-4-19-9-10-23(22)25(20)24(18)19/h2-14H,15-17H2,1H3/q+1. The highest BCUT2D eigenvalue weighted by molar-refractivity contribution is 6.23. The van der Waals surface area contributed by atoms with Gasteiger partial charge in [-0.1, -0.05) is 54.6 Å². The molecule has 0 aliphatic carbocycles. The van der Waals surface area contributed by atoms with Crippen molar-refractivity contribution in [2.45, 2.75) is 6.61 Å². The maximum absolute atomic E-state index is 12.1. The Hall–Kier alpha value is -3.50. The molecule has 0 saturated heterocycles. The molecule has 4 aromatic carbocycles. The van der Waals surface area contributed by atoms with Crippen LogP contribution in [-0.4, -0.2) is 19.2 Å². The number of aromatic nitrogens is 1. The molecule has 1 aromatic heterocycles. The van der Waals surface area contributed by atoms with Gasteiger partial charge in [0, 0.05) is 12.1 Å². The first-order valence-electron chi connectivity index (χ1n) is 10.1. The zero-order valence-corrected chi connectivity index (χ0v) is 16.8. The van der Waals surface area contributed by atoms with Gasteiger partial charge in [-0.25, -0.2) is 9.36 Å². The Morgan fingerprint density at radius 3 is 2.23 bits per heavy atom. The summed E-state index contributed by atoms with van der Waals surface area (Å²) >= 11 is 0. The van der Waals surface area contributed by atoms with Gasteiger partial charge < -0.3 is 9.47 Å². The number of rotatable bonds is 6. The van der Waals surface area contributed by atoms with E-state index in [1.165, 1.54) is 32.3 Å².